The number of nitrogens with one attached hydrogen (secondary N) is 2. The standard InChI is InChI=1S/C25H21N3O2/c1-2-7-25(29)26-19-10-6-11-20(16-19)30-21-13-14-22-23(27-28-24(22)17-21)15-12-18-8-4-3-5-9-18/h2-6,8-17H,1,7H2,(H,26,29)(H,27,28)/b15-12+. The van der Waals surface area contributed by atoms with Crippen LogP contribution in [-0.2, 0) is 4.79 Å². The summed E-state index contributed by atoms with van der Waals surface area (Å²) in [6, 6.07) is 23.2. The summed E-state index contributed by atoms with van der Waals surface area (Å²) in [6.45, 7) is 3.57. The molecule has 3 aromatic carbocycles. The zero-order valence-corrected chi connectivity index (χ0v) is 16.3. The number of aromatic amines is 1. The van der Waals surface area contributed by atoms with E-state index in [1.165, 1.54) is 0 Å². The largest absolute Gasteiger partial charge is 0.457 e. The lowest BCUT2D eigenvalue weighted by molar-refractivity contribution is -0.115. The summed E-state index contributed by atoms with van der Waals surface area (Å²) in [6.07, 6.45) is 5.86. The molecule has 0 aliphatic carbocycles. The second-order valence-electron chi connectivity index (χ2n) is 6.73. The molecule has 0 aliphatic rings. The molecule has 0 radical (unpaired) electrons. The van der Waals surface area contributed by atoms with Gasteiger partial charge in [-0.2, -0.15) is 5.10 Å². The molecule has 1 aromatic heterocycles. The number of rotatable bonds is 7. The third-order valence-corrected chi connectivity index (χ3v) is 4.48. The molecule has 4 rings (SSSR count). The Morgan fingerprint density at radius 2 is 1.83 bits per heavy atom. The van der Waals surface area contributed by atoms with Crippen LogP contribution in [0.1, 0.15) is 17.7 Å². The molecule has 0 bridgehead atoms. The van der Waals surface area contributed by atoms with Gasteiger partial charge >= 0.3 is 0 Å². The molecular weight excluding hydrogens is 374 g/mol. The maximum absolute atomic E-state index is 11.7. The fourth-order valence-corrected chi connectivity index (χ4v) is 3.07. The number of fused-ring (bicyclic) bond motifs is 1. The van der Waals surface area contributed by atoms with E-state index in [2.05, 4.69) is 22.1 Å². The highest BCUT2D eigenvalue weighted by Gasteiger charge is 2.07. The van der Waals surface area contributed by atoms with E-state index >= 15 is 0 Å². The zero-order valence-electron chi connectivity index (χ0n) is 16.3. The van der Waals surface area contributed by atoms with E-state index in [0.717, 1.165) is 22.2 Å². The lowest BCUT2D eigenvalue weighted by Crippen LogP contribution is -2.09. The summed E-state index contributed by atoms with van der Waals surface area (Å²) >= 11 is 0. The van der Waals surface area contributed by atoms with E-state index in [4.69, 9.17) is 4.74 Å². The average molecular weight is 395 g/mol. The highest BCUT2D eigenvalue weighted by molar-refractivity contribution is 5.92. The molecule has 0 atom stereocenters. The van der Waals surface area contributed by atoms with Gasteiger partial charge < -0.3 is 10.1 Å². The van der Waals surface area contributed by atoms with Crippen molar-refractivity contribution in [1.82, 2.24) is 10.2 Å². The molecule has 0 fully saturated rings. The quantitative estimate of drug-likeness (QED) is 0.375. The van der Waals surface area contributed by atoms with Crippen LogP contribution in [0.25, 0.3) is 23.1 Å². The summed E-state index contributed by atoms with van der Waals surface area (Å²) in [5.41, 5.74) is 3.55. The molecule has 148 valence electrons. The molecule has 0 saturated heterocycles. The van der Waals surface area contributed by atoms with Crippen LogP contribution in [0.5, 0.6) is 11.5 Å². The molecule has 30 heavy (non-hydrogen) atoms. The van der Waals surface area contributed by atoms with Crippen LogP contribution in [-0.4, -0.2) is 16.1 Å². The molecule has 2 N–H and O–H groups in total. The summed E-state index contributed by atoms with van der Waals surface area (Å²) in [7, 11) is 0. The minimum Gasteiger partial charge on any atom is -0.457 e. The van der Waals surface area contributed by atoms with Crippen LogP contribution >= 0.6 is 0 Å². The van der Waals surface area contributed by atoms with Gasteiger partial charge in [-0.15, -0.1) is 6.58 Å². The summed E-state index contributed by atoms with van der Waals surface area (Å²) in [5, 5.41) is 11.3. The van der Waals surface area contributed by atoms with Crippen LogP contribution < -0.4 is 10.1 Å². The molecule has 4 aromatic rings. The molecular formula is C25H21N3O2. The van der Waals surface area contributed by atoms with Gasteiger partial charge in [0.15, 0.2) is 0 Å². The first-order valence-electron chi connectivity index (χ1n) is 9.61. The van der Waals surface area contributed by atoms with Crippen LogP contribution in [0, 0.1) is 0 Å². The molecule has 1 amide bonds. The molecule has 5 nitrogen and oxygen atoms in total. The Kier molecular flexibility index (Phi) is 5.71. The van der Waals surface area contributed by atoms with Crippen LogP contribution in [0.4, 0.5) is 5.69 Å². The number of H-pyrrole nitrogens is 1. The Morgan fingerprint density at radius 1 is 1.00 bits per heavy atom. The van der Waals surface area contributed by atoms with E-state index in [1.807, 2.05) is 78.9 Å². The summed E-state index contributed by atoms with van der Waals surface area (Å²) < 4.78 is 5.97. The van der Waals surface area contributed by atoms with Gasteiger partial charge in [0.2, 0.25) is 5.91 Å². The fourth-order valence-electron chi connectivity index (χ4n) is 3.07. The third-order valence-electron chi connectivity index (χ3n) is 4.48. The molecule has 0 spiro atoms. The van der Waals surface area contributed by atoms with E-state index in [-0.39, 0.29) is 12.3 Å². The molecule has 5 heteroatoms. The van der Waals surface area contributed by atoms with Crippen molar-refractivity contribution in [2.24, 2.45) is 0 Å². The van der Waals surface area contributed by atoms with Crippen LogP contribution in [0.2, 0.25) is 0 Å². The van der Waals surface area contributed by atoms with Crippen molar-refractivity contribution in [3.63, 3.8) is 0 Å². The Morgan fingerprint density at radius 3 is 2.67 bits per heavy atom. The van der Waals surface area contributed by atoms with Crippen molar-refractivity contribution < 1.29 is 9.53 Å². The van der Waals surface area contributed by atoms with Gasteiger partial charge in [-0.1, -0.05) is 48.6 Å². The summed E-state index contributed by atoms with van der Waals surface area (Å²) in [4.78, 5) is 11.7. The minimum atomic E-state index is -0.114. The van der Waals surface area contributed by atoms with E-state index in [0.29, 0.717) is 17.2 Å². The van der Waals surface area contributed by atoms with Gasteiger partial charge in [0, 0.05) is 29.6 Å². The number of nitrogens with zero attached hydrogens (tertiary/aromatic N) is 1. The molecule has 0 aliphatic heterocycles. The highest BCUT2D eigenvalue weighted by Crippen LogP contribution is 2.28. The molecule has 0 unspecified atom stereocenters. The van der Waals surface area contributed by atoms with Gasteiger partial charge in [0.05, 0.1) is 11.2 Å². The summed E-state index contributed by atoms with van der Waals surface area (Å²) in [5.74, 6) is 1.20. The van der Waals surface area contributed by atoms with Crippen molar-refractivity contribution in [3.8, 4) is 11.5 Å². The van der Waals surface area contributed by atoms with Crippen molar-refractivity contribution in [2.45, 2.75) is 6.42 Å². The Bertz CT molecular complexity index is 1210. The number of aromatic nitrogens is 2. The van der Waals surface area contributed by atoms with Crippen molar-refractivity contribution >= 4 is 34.6 Å². The van der Waals surface area contributed by atoms with Gasteiger partial charge in [-0.05, 0) is 35.9 Å². The zero-order chi connectivity index (χ0) is 20.8. The second-order valence-corrected chi connectivity index (χ2v) is 6.73. The first kappa shape index (κ1) is 19.2. The Labute approximate surface area is 174 Å². The third kappa shape index (κ3) is 4.64. The van der Waals surface area contributed by atoms with Gasteiger partial charge in [-0.25, -0.2) is 0 Å². The lowest BCUT2D eigenvalue weighted by atomic mass is 10.1. The first-order valence-corrected chi connectivity index (χ1v) is 9.61. The monoisotopic (exact) mass is 395 g/mol. The topological polar surface area (TPSA) is 67.0 Å². The van der Waals surface area contributed by atoms with E-state index in [1.54, 1.807) is 12.1 Å². The number of hydrogen-bond acceptors (Lipinski definition) is 3. The number of benzene rings is 3. The Balaban J connectivity index is 1.50. The van der Waals surface area contributed by atoms with Gasteiger partial charge in [0.1, 0.15) is 11.5 Å². The number of carbonyl (C=O) groups is 1. The molecule has 0 saturated carbocycles. The van der Waals surface area contributed by atoms with Gasteiger partial charge in [0.25, 0.3) is 0 Å². The van der Waals surface area contributed by atoms with Crippen LogP contribution in [0.15, 0.2) is 85.5 Å². The molecule has 1 heterocycles. The van der Waals surface area contributed by atoms with Crippen LogP contribution in [0.3, 0.4) is 0 Å². The first-order chi connectivity index (χ1) is 14.7. The predicted octanol–water partition coefficient (Wildman–Crippen LogP) is 6.04. The number of hydrogen-bond donors (Lipinski definition) is 2. The van der Waals surface area contributed by atoms with E-state index in [9.17, 15) is 4.79 Å². The van der Waals surface area contributed by atoms with E-state index < -0.39 is 0 Å². The maximum Gasteiger partial charge on any atom is 0.228 e. The van der Waals surface area contributed by atoms with Crippen molar-refractivity contribution in [1.29, 1.82) is 0 Å². The van der Waals surface area contributed by atoms with Crippen molar-refractivity contribution in [3.05, 3.63) is 96.7 Å². The second kappa shape index (κ2) is 8.92. The average Bonchev–Trinajstić information content (AvgIpc) is 3.15. The lowest BCUT2D eigenvalue weighted by Gasteiger charge is -2.08. The Hall–Kier alpha value is -4.12. The number of anilines is 1. The predicted molar refractivity (Wildman–Crippen MR) is 121 cm³/mol. The van der Waals surface area contributed by atoms with Crippen molar-refractivity contribution in [2.75, 3.05) is 5.32 Å². The minimum absolute atomic E-state index is 0.114. The number of ether oxygens (including phenoxy) is 1. The normalized spacial score (nSPS) is 10.9. The van der Waals surface area contributed by atoms with Gasteiger partial charge in [-0.3, -0.25) is 9.89 Å². The fraction of sp³-hybridized carbons (Fsp3) is 0.0400. The number of carbonyl (C=O) groups excluding carboxylic acids is 1. The highest BCUT2D eigenvalue weighted by atomic mass is 16.5. The smallest absolute Gasteiger partial charge is 0.228 e. The maximum atomic E-state index is 11.7. The SMILES string of the molecule is C=CCC(=O)Nc1cccc(Oc2ccc3c(/C=C/c4ccccc4)n[nH]c3c2)c1. The number of amides is 1.